The third kappa shape index (κ3) is 6.51. The second-order valence-electron chi connectivity index (χ2n) is 5.92. The summed E-state index contributed by atoms with van der Waals surface area (Å²) >= 11 is 3.42. The zero-order chi connectivity index (χ0) is 21.4. The normalized spacial score (nSPS) is 11.1. The number of nitrogen functional groups attached to an aromatic ring is 1. The number of aliphatic hydroxyl groups is 1. The second kappa shape index (κ2) is 12.3. The van der Waals surface area contributed by atoms with Crippen LogP contribution < -0.4 is 20.5 Å². The van der Waals surface area contributed by atoms with Crippen LogP contribution >= 0.6 is 28.3 Å². The van der Waals surface area contributed by atoms with Gasteiger partial charge in [-0.05, 0) is 43.3 Å². The molecule has 0 bridgehead atoms. The lowest BCUT2D eigenvalue weighted by molar-refractivity contribution is -0.144. The Balaban J connectivity index is 0.00000450. The SMILES string of the molecule is CCOC(=O)C(Nc1ccc(C(=N)N)cc1)c1cc(Br)cc(OC)c1OCCO.Cl. The van der Waals surface area contributed by atoms with Crippen LogP contribution in [0.25, 0.3) is 0 Å². The molecule has 1 atom stereocenters. The van der Waals surface area contributed by atoms with Crippen LogP contribution in [0.4, 0.5) is 5.69 Å². The Morgan fingerprint density at radius 1 is 1.30 bits per heavy atom. The number of amidine groups is 1. The molecule has 2 rings (SSSR count). The average Bonchev–Trinajstić information content (AvgIpc) is 2.70. The second-order valence-corrected chi connectivity index (χ2v) is 6.83. The van der Waals surface area contributed by atoms with Gasteiger partial charge in [0.15, 0.2) is 17.5 Å². The van der Waals surface area contributed by atoms with Gasteiger partial charge in [-0.1, -0.05) is 15.9 Å². The van der Waals surface area contributed by atoms with Gasteiger partial charge in [-0.3, -0.25) is 5.41 Å². The minimum Gasteiger partial charge on any atom is -0.493 e. The Labute approximate surface area is 189 Å². The lowest BCUT2D eigenvalue weighted by Gasteiger charge is -2.23. The topological polar surface area (TPSA) is 127 Å². The molecule has 30 heavy (non-hydrogen) atoms. The summed E-state index contributed by atoms with van der Waals surface area (Å²) in [5.41, 5.74) is 7.17. The van der Waals surface area contributed by atoms with Gasteiger partial charge < -0.3 is 30.4 Å². The summed E-state index contributed by atoms with van der Waals surface area (Å²) in [6, 6.07) is 9.32. The molecule has 164 valence electrons. The Morgan fingerprint density at radius 2 is 1.97 bits per heavy atom. The number of ether oxygens (including phenoxy) is 3. The third-order valence-electron chi connectivity index (χ3n) is 3.95. The largest absolute Gasteiger partial charge is 0.493 e. The predicted molar refractivity (Wildman–Crippen MR) is 121 cm³/mol. The molecule has 5 N–H and O–H groups in total. The van der Waals surface area contributed by atoms with Crippen molar-refractivity contribution in [1.82, 2.24) is 0 Å². The van der Waals surface area contributed by atoms with Crippen molar-refractivity contribution >= 4 is 45.8 Å². The van der Waals surface area contributed by atoms with Gasteiger partial charge in [-0.25, -0.2) is 4.79 Å². The zero-order valence-corrected chi connectivity index (χ0v) is 19.0. The van der Waals surface area contributed by atoms with E-state index < -0.39 is 12.0 Å². The fraction of sp³-hybridized carbons (Fsp3) is 0.300. The highest BCUT2D eigenvalue weighted by Gasteiger charge is 2.28. The van der Waals surface area contributed by atoms with Gasteiger partial charge in [0.25, 0.3) is 0 Å². The summed E-state index contributed by atoms with van der Waals surface area (Å²) in [6.45, 7) is 1.77. The molecular weight excluding hydrogens is 478 g/mol. The van der Waals surface area contributed by atoms with Crippen LogP contribution in [-0.2, 0) is 9.53 Å². The Hall–Kier alpha value is -2.49. The lowest BCUT2D eigenvalue weighted by atomic mass is 10.0. The number of nitrogens with one attached hydrogen (secondary N) is 2. The molecule has 2 aromatic carbocycles. The number of hydrogen-bond donors (Lipinski definition) is 4. The van der Waals surface area contributed by atoms with Crippen molar-refractivity contribution in [3.05, 3.63) is 52.0 Å². The maximum absolute atomic E-state index is 12.8. The molecule has 0 heterocycles. The number of halogens is 2. The molecule has 1 unspecified atom stereocenters. The van der Waals surface area contributed by atoms with Gasteiger partial charge in [-0.15, -0.1) is 12.4 Å². The molecule has 0 saturated carbocycles. The summed E-state index contributed by atoms with van der Waals surface area (Å²) < 4.78 is 17.0. The van der Waals surface area contributed by atoms with Gasteiger partial charge in [0, 0.05) is 21.3 Å². The number of hydrogen-bond acceptors (Lipinski definition) is 7. The average molecular weight is 503 g/mol. The van der Waals surface area contributed by atoms with Crippen LogP contribution in [-0.4, -0.2) is 43.8 Å². The molecule has 0 aliphatic carbocycles. The highest BCUT2D eigenvalue weighted by Crippen LogP contribution is 2.39. The number of nitrogens with two attached hydrogens (primary N) is 1. The zero-order valence-electron chi connectivity index (χ0n) is 16.6. The van der Waals surface area contributed by atoms with E-state index in [1.54, 1.807) is 43.3 Å². The van der Waals surface area contributed by atoms with E-state index >= 15 is 0 Å². The Kier molecular flexibility index (Phi) is 10.4. The van der Waals surface area contributed by atoms with Crippen molar-refractivity contribution in [3.8, 4) is 11.5 Å². The number of carbonyl (C=O) groups is 1. The molecule has 0 aliphatic rings. The van der Waals surface area contributed by atoms with Gasteiger partial charge in [0.2, 0.25) is 0 Å². The van der Waals surface area contributed by atoms with Crippen LogP contribution in [0.5, 0.6) is 11.5 Å². The van der Waals surface area contributed by atoms with Gasteiger partial charge in [0.05, 0.1) is 20.3 Å². The molecule has 0 aromatic heterocycles. The van der Waals surface area contributed by atoms with E-state index in [1.807, 2.05) is 0 Å². The number of carbonyl (C=O) groups excluding carboxylic acids is 1. The van der Waals surface area contributed by atoms with E-state index in [9.17, 15) is 4.79 Å². The first-order valence-corrected chi connectivity index (χ1v) is 9.69. The minimum absolute atomic E-state index is 0. The molecule has 0 amide bonds. The van der Waals surface area contributed by atoms with Crippen molar-refractivity contribution in [2.24, 2.45) is 5.73 Å². The first kappa shape index (κ1) is 25.5. The van der Waals surface area contributed by atoms with E-state index in [0.717, 1.165) is 0 Å². The van der Waals surface area contributed by atoms with Crippen LogP contribution in [0.15, 0.2) is 40.9 Å². The number of aliphatic hydroxyl groups excluding tert-OH is 1. The fourth-order valence-corrected chi connectivity index (χ4v) is 3.11. The van der Waals surface area contributed by atoms with Crippen molar-refractivity contribution < 1.29 is 24.1 Å². The molecular formula is C20H25BrClN3O5. The summed E-state index contributed by atoms with van der Waals surface area (Å²) in [4.78, 5) is 12.8. The van der Waals surface area contributed by atoms with Crippen LogP contribution in [0, 0.1) is 5.41 Å². The summed E-state index contributed by atoms with van der Waals surface area (Å²) in [5.74, 6) is 0.188. The van der Waals surface area contributed by atoms with Crippen LogP contribution in [0.1, 0.15) is 24.1 Å². The molecule has 0 spiro atoms. The van der Waals surface area contributed by atoms with E-state index in [2.05, 4.69) is 21.2 Å². The summed E-state index contributed by atoms with van der Waals surface area (Å²) in [5, 5.41) is 19.8. The summed E-state index contributed by atoms with van der Waals surface area (Å²) in [6.07, 6.45) is 0. The van der Waals surface area contributed by atoms with Gasteiger partial charge in [0.1, 0.15) is 12.4 Å². The number of anilines is 1. The highest BCUT2D eigenvalue weighted by molar-refractivity contribution is 9.10. The van der Waals surface area contributed by atoms with E-state index in [4.69, 9.17) is 30.5 Å². The van der Waals surface area contributed by atoms with Crippen LogP contribution in [0.2, 0.25) is 0 Å². The number of esters is 1. The van der Waals surface area contributed by atoms with Crippen molar-refractivity contribution in [2.75, 3.05) is 32.2 Å². The lowest BCUT2D eigenvalue weighted by Crippen LogP contribution is -2.24. The molecule has 0 fully saturated rings. The first-order valence-electron chi connectivity index (χ1n) is 8.90. The quantitative estimate of drug-likeness (QED) is 0.223. The number of benzene rings is 2. The fourth-order valence-electron chi connectivity index (χ4n) is 2.66. The Bertz CT molecular complexity index is 864. The van der Waals surface area contributed by atoms with Crippen molar-refractivity contribution in [2.45, 2.75) is 13.0 Å². The van der Waals surface area contributed by atoms with E-state index in [0.29, 0.717) is 32.8 Å². The Morgan fingerprint density at radius 3 is 2.50 bits per heavy atom. The summed E-state index contributed by atoms with van der Waals surface area (Å²) in [7, 11) is 1.49. The molecule has 2 aromatic rings. The molecule has 0 radical (unpaired) electrons. The van der Waals surface area contributed by atoms with Gasteiger partial charge >= 0.3 is 5.97 Å². The maximum atomic E-state index is 12.8. The maximum Gasteiger partial charge on any atom is 0.333 e. The molecule has 0 aliphatic heterocycles. The molecule has 10 heteroatoms. The monoisotopic (exact) mass is 501 g/mol. The molecule has 0 saturated heterocycles. The number of rotatable bonds is 10. The van der Waals surface area contributed by atoms with E-state index in [-0.39, 0.29) is 38.1 Å². The third-order valence-corrected chi connectivity index (χ3v) is 4.40. The standard InChI is InChI=1S/C20H24BrN3O5.ClH/c1-3-28-20(26)17(24-14-6-4-12(5-7-14)19(22)23)15-10-13(21)11-16(27-2)18(15)29-9-8-25;/h4-7,10-11,17,24-25H,3,8-9H2,1-2H3,(H3,22,23);1H. The van der Waals surface area contributed by atoms with Crippen molar-refractivity contribution in [1.29, 1.82) is 5.41 Å². The van der Waals surface area contributed by atoms with E-state index in [1.165, 1.54) is 7.11 Å². The minimum atomic E-state index is -0.904. The first-order chi connectivity index (χ1) is 13.9. The van der Waals surface area contributed by atoms with Gasteiger partial charge in [-0.2, -0.15) is 0 Å². The highest BCUT2D eigenvalue weighted by atomic mass is 79.9. The smallest absolute Gasteiger partial charge is 0.333 e. The van der Waals surface area contributed by atoms with Crippen molar-refractivity contribution in [3.63, 3.8) is 0 Å². The predicted octanol–water partition coefficient (Wildman–Crippen LogP) is 3.25. The number of methoxy groups -OCH3 is 1. The van der Waals surface area contributed by atoms with Crippen LogP contribution in [0.3, 0.4) is 0 Å². The molecule has 8 nitrogen and oxygen atoms in total.